The van der Waals surface area contributed by atoms with Crippen molar-refractivity contribution in [3.8, 4) is 0 Å². The van der Waals surface area contributed by atoms with Crippen LogP contribution in [0, 0.1) is 11.3 Å². The number of carboxylic acid groups (broad SMARTS) is 1. The van der Waals surface area contributed by atoms with Crippen molar-refractivity contribution in [3.63, 3.8) is 0 Å². The molecule has 6 nitrogen and oxygen atoms in total. The molecule has 0 aromatic heterocycles. The summed E-state index contributed by atoms with van der Waals surface area (Å²) < 4.78 is 0. The van der Waals surface area contributed by atoms with Gasteiger partial charge in [-0.3, -0.25) is 14.4 Å². The van der Waals surface area contributed by atoms with E-state index in [0.29, 0.717) is 25.6 Å². The molecule has 2 saturated heterocycles. The summed E-state index contributed by atoms with van der Waals surface area (Å²) in [5, 5.41) is 9.20. The highest BCUT2D eigenvalue weighted by Gasteiger charge is 2.47. The smallest absolute Gasteiger partial charge is 0.311 e. The van der Waals surface area contributed by atoms with Gasteiger partial charge in [-0.2, -0.15) is 0 Å². The second kappa shape index (κ2) is 4.46. The largest absolute Gasteiger partial charge is 0.481 e. The minimum Gasteiger partial charge on any atom is -0.481 e. The molecule has 0 bridgehead atoms. The number of amides is 2. The van der Waals surface area contributed by atoms with Gasteiger partial charge in [0, 0.05) is 32.1 Å². The van der Waals surface area contributed by atoms with Gasteiger partial charge in [0.2, 0.25) is 11.8 Å². The number of carbonyl (C=O) groups is 3. The van der Waals surface area contributed by atoms with Crippen molar-refractivity contribution >= 4 is 17.8 Å². The van der Waals surface area contributed by atoms with E-state index in [0.717, 1.165) is 12.8 Å². The van der Waals surface area contributed by atoms with Gasteiger partial charge < -0.3 is 14.9 Å². The van der Waals surface area contributed by atoms with Gasteiger partial charge in [-0.15, -0.1) is 0 Å². The fourth-order valence-electron chi connectivity index (χ4n) is 3.22. The molecule has 2 aliphatic heterocycles. The highest BCUT2D eigenvalue weighted by atomic mass is 16.4. The Morgan fingerprint density at radius 3 is 2.60 bits per heavy atom. The van der Waals surface area contributed by atoms with Crippen LogP contribution in [0.1, 0.15) is 32.6 Å². The molecule has 20 heavy (non-hydrogen) atoms. The third-order valence-electron chi connectivity index (χ3n) is 4.80. The number of carbonyl (C=O) groups excluding carboxylic acids is 2. The Kier molecular flexibility index (Phi) is 2.99. The molecule has 2 unspecified atom stereocenters. The summed E-state index contributed by atoms with van der Waals surface area (Å²) >= 11 is 0. The maximum absolute atomic E-state index is 12.4. The highest BCUT2D eigenvalue weighted by molar-refractivity contribution is 5.90. The molecule has 2 heterocycles. The van der Waals surface area contributed by atoms with Gasteiger partial charge in [0.25, 0.3) is 0 Å². The standard InChI is InChI=1S/C14H20N2O4/c1-14(13(19)20)4-5-15(8-14)12(18)9-6-11(17)16(7-9)10-2-3-10/h9-10H,2-8H2,1H3,(H,19,20). The summed E-state index contributed by atoms with van der Waals surface area (Å²) in [5.41, 5.74) is -0.839. The molecule has 3 rings (SSSR count). The Morgan fingerprint density at radius 2 is 2.05 bits per heavy atom. The number of carboxylic acids is 1. The topological polar surface area (TPSA) is 77.9 Å². The summed E-state index contributed by atoms with van der Waals surface area (Å²) in [7, 11) is 0. The molecule has 110 valence electrons. The van der Waals surface area contributed by atoms with Crippen LogP contribution < -0.4 is 0 Å². The average Bonchev–Trinajstić information content (AvgIpc) is 3.04. The van der Waals surface area contributed by atoms with Gasteiger partial charge >= 0.3 is 5.97 Å². The highest BCUT2D eigenvalue weighted by Crippen LogP contribution is 2.35. The maximum Gasteiger partial charge on any atom is 0.311 e. The molecule has 1 N–H and O–H groups in total. The molecule has 6 heteroatoms. The van der Waals surface area contributed by atoms with Crippen LogP contribution in [-0.2, 0) is 14.4 Å². The third-order valence-corrected chi connectivity index (χ3v) is 4.80. The summed E-state index contributed by atoms with van der Waals surface area (Å²) in [6.45, 7) is 2.94. The molecule has 1 saturated carbocycles. The molecular formula is C14H20N2O4. The number of aliphatic carboxylic acids is 1. The van der Waals surface area contributed by atoms with Gasteiger partial charge in [-0.05, 0) is 26.2 Å². The molecular weight excluding hydrogens is 260 g/mol. The van der Waals surface area contributed by atoms with Gasteiger partial charge in [-0.1, -0.05) is 0 Å². The predicted molar refractivity (Wildman–Crippen MR) is 69.8 cm³/mol. The van der Waals surface area contributed by atoms with Crippen LogP contribution in [0.3, 0.4) is 0 Å². The Balaban J connectivity index is 1.63. The summed E-state index contributed by atoms with van der Waals surface area (Å²) in [6, 6.07) is 0.350. The van der Waals surface area contributed by atoms with Crippen LogP contribution in [0.15, 0.2) is 0 Å². The molecule has 1 aliphatic carbocycles. The van der Waals surface area contributed by atoms with E-state index in [9.17, 15) is 19.5 Å². The van der Waals surface area contributed by atoms with Crippen molar-refractivity contribution in [2.75, 3.05) is 19.6 Å². The van der Waals surface area contributed by atoms with E-state index < -0.39 is 11.4 Å². The number of hydrogen-bond acceptors (Lipinski definition) is 3. The van der Waals surface area contributed by atoms with Crippen LogP contribution in [-0.4, -0.2) is 58.4 Å². The minimum absolute atomic E-state index is 0.0496. The van der Waals surface area contributed by atoms with Crippen molar-refractivity contribution in [1.29, 1.82) is 0 Å². The zero-order chi connectivity index (χ0) is 14.5. The van der Waals surface area contributed by atoms with E-state index in [2.05, 4.69) is 0 Å². The quantitative estimate of drug-likeness (QED) is 0.807. The Hall–Kier alpha value is -1.59. The van der Waals surface area contributed by atoms with Crippen molar-refractivity contribution in [2.24, 2.45) is 11.3 Å². The van der Waals surface area contributed by atoms with Crippen molar-refractivity contribution < 1.29 is 19.5 Å². The van der Waals surface area contributed by atoms with Gasteiger partial charge in [0.1, 0.15) is 0 Å². The maximum atomic E-state index is 12.4. The molecule has 0 aromatic carbocycles. The second-order valence-corrected chi connectivity index (χ2v) is 6.55. The van der Waals surface area contributed by atoms with E-state index in [-0.39, 0.29) is 30.7 Å². The zero-order valence-electron chi connectivity index (χ0n) is 11.7. The number of hydrogen-bond donors (Lipinski definition) is 1. The number of rotatable bonds is 3. The van der Waals surface area contributed by atoms with E-state index in [4.69, 9.17) is 0 Å². The summed E-state index contributed by atoms with van der Waals surface area (Å²) in [6.07, 6.45) is 2.87. The summed E-state index contributed by atoms with van der Waals surface area (Å²) in [4.78, 5) is 39.0. The molecule has 2 atom stereocenters. The molecule has 3 fully saturated rings. The van der Waals surface area contributed by atoms with Crippen molar-refractivity contribution in [3.05, 3.63) is 0 Å². The van der Waals surface area contributed by atoms with Gasteiger partial charge in [0.15, 0.2) is 0 Å². The molecule has 2 amide bonds. The van der Waals surface area contributed by atoms with Crippen LogP contribution in [0.2, 0.25) is 0 Å². The molecule has 0 aromatic rings. The Morgan fingerprint density at radius 1 is 1.35 bits per heavy atom. The lowest BCUT2D eigenvalue weighted by atomic mass is 9.90. The van der Waals surface area contributed by atoms with Gasteiger partial charge in [0.05, 0.1) is 11.3 Å². The molecule has 0 radical (unpaired) electrons. The van der Waals surface area contributed by atoms with Crippen LogP contribution >= 0.6 is 0 Å². The van der Waals surface area contributed by atoms with Crippen LogP contribution in [0.25, 0.3) is 0 Å². The molecule has 0 spiro atoms. The SMILES string of the molecule is CC1(C(=O)O)CCN(C(=O)C2CC(=O)N(C3CC3)C2)C1. The average molecular weight is 280 g/mol. The first-order chi connectivity index (χ1) is 9.40. The first-order valence-corrected chi connectivity index (χ1v) is 7.22. The summed E-state index contributed by atoms with van der Waals surface area (Å²) in [5.74, 6) is -1.10. The van der Waals surface area contributed by atoms with Gasteiger partial charge in [-0.25, -0.2) is 0 Å². The monoisotopic (exact) mass is 280 g/mol. The first kappa shape index (κ1) is 13.4. The van der Waals surface area contributed by atoms with Crippen molar-refractivity contribution in [1.82, 2.24) is 9.80 Å². The lowest BCUT2D eigenvalue weighted by molar-refractivity contribution is -0.147. The van der Waals surface area contributed by atoms with E-state index >= 15 is 0 Å². The fraction of sp³-hybridized carbons (Fsp3) is 0.786. The minimum atomic E-state index is -0.852. The zero-order valence-corrected chi connectivity index (χ0v) is 11.7. The Labute approximate surface area is 117 Å². The fourth-order valence-corrected chi connectivity index (χ4v) is 3.22. The predicted octanol–water partition coefficient (Wildman–Crippen LogP) is 0.320. The lowest BCUT2D eigenvalue weighted by Crippen LogP contribution is -2.39. The lowest BCUT2D eigenvalue weighted by Gasteiger charge is -2.23. The van der Waals surface area contributed by atoms with Crippen LogP contribution in [0.5, 0.6) is 0 Å². The normalized spacial score (nSPS) is 33.9. The number of nitrogens with zero attached hydrogens (tertiary/aromatic N) is 2. The third kappa shape index (κ3) is 2.17. The van der Waals surface area contributed by atoms with Crippen LogP contribution in [0.4, 0.5) is 0 Å². The number of likely N-dealkylation sites (tertiary alicyclic amines) is 2. The molecule has 3 aliphatic rings. The Bertz CT molecular complexity index is 474. The first-order valence-electron chi connectivity index (χ1n) is 7.22. The second-order valence-electron chi connectivity index (χ2n) is 6.55. The van der Waals surface area contributed by atoms with Crippen molar-refractivity contribution in [2.45, 2.75) is 38.6 Å². The van der Waals surface area contributed by atoms with E-state index in [1.54, 1.807) is 11.8 Å². The van der Waals surface area contributed by atoms with E-state index in [1.165, 1.54) is 0 Å². The van der Waals surface area contributed by atoms with E-state index in [1.807, 2.05) is 4.90 Å².